The molecule has 1 aromatic heterocycles. The highest BCUT2D eigenvalue weighted by Crippen LogP contribution is 2.48. The van der Waals surface area contributed by atoms with Crippen LogP contribution in [0.4, 0.5) is 0 Å². The Hall–Kier alpha value is -2.09. The summed E-state index contributed by atoms with van der Waals surface area (Å²) in [7, 11) is -2.03. The van der Waals surface area contributed by atoms with E-state index >= 15 is 0 Å². The molecule has 0 spiro atoms. The van der Waals surface area contributed by atoms with Crippen molar-refractivity contribution in [2.24, 2.45) is 7.05 Å². The van der Waals surface area contributed by atoms with Gasteiger partial charge in [-0.1, -0.05) is 0 Å². The lowest BCUT2D eigenvalue weighted by Crippen LogP contribution is -2.58. The molecule has 2 aliphatic heterocycles. The molecule has 0 aromatic carbocycles. The van der Waals surface area contributed by atoms with Crippen LogP contribution >= 0.6 is 0 Å². The monoisotopic (exact) mass is 324 g/mol. The summed E-state index contributed by atoms with van der Waals surface area (Å²) in [5.41, 5.74) is 0.813. The maximum atomic E-state index is 12.7. The van der Waals surface area contributed by atoms with Crippen LogP contribution in [0.1, 0.15) is 19.5 Å². The van der Waals surface area contributed by atoms with Crippen molar-refractivity contribution in [1.29, 1.82) is 0 Å². The van der Waals surface area contributed by atoms with Gasteiger partial charge in [0.15, 0.2) is 21.3 Å². The summed E-state index contributed by atoms with van der Waals surface area (Å²) >= 11 is 0. The molecule has 0 saturated carbocycles. The fourth-order valence-corrected chi connectivity index (χ4v) is 5.25. The van der Waals surface area contributed by atoms with E-state index in [2.05, 4.69) is 0 Å². The number of aryl methyl sites for hydroxylation is 1. The van der Waals surface area contributed by atoms with Crippen LogP contribution < -0.4 is 0 Å². The third-order valence-electron chi connectivity index (χ3n) is 4.49. The molecule has 3 heterocycles. The molecule has 22 heavy (non-hydrogen) atoms. The number of rotatable bonds is 2. The van der Waals surface area contributed by atoms with E-state index in [1.807, 2.05) is 0 Å². The van der Waals surface area contributed by atoms with Crippen LogP contribution in [-0.2, 0) is 26.5 Å². The molecule has 0 unspecified atom stereocenters. The molecule has 7 nitrogen and oxygen atoms in total. The number of carboxylic acids is 1. The minimum atomic E-state index is -3.81. The number of hydrogen-bond donors (Lipinski definition) is 1. The number of hydrogen-bond acceptors (Lipinski definition) is 4. The molecule has 1 amide bonds. The van der Waals surface area contributed by atoms with E-state index < -0.39 is 37.9 Å². The van der Waals surface area contributed by atoms with Gasteiger partial charge in [-0.25, -0.2) is 13.2 Å². The van der Waals surface area contributed by atoms with Crippen molar-refractivity contribution in [3.8, 4) is 0 Å². The zero-order chi connectivity index (χ0) is 16.4. The summed E-state index contributed by atoms with van der Waals surface area (Å²) in [4.78, 5) is 24.7. The van der Waals surface area contributed by atoms with Crippen LogP contribution in [0.25, 0.3) is 6.08 Å². The Morgan fingerprint density at radius 3 is 2.55 bits per heavy atom. The lowest BCUT2D eigenvalue weighted by molar-refractivity contribution is -0.152. The fraction of sp³-hybridized carbons (Fsp3) is 0.429. The molecule has 0 bridgehead atoms. The zero-order valence-electron chi connectivity index (χ0n) is 12.3. The molecular formula is C14H16N2O5S. The first-order chi connectivity index (χ1) is 10.1. The van der Waals surface area contributed by atoms with Crippen molar-refractivity contribution in [2.75, 3.05) is 0 Å². The van der Waals surface area contributed by atoms with Gasteiger partial charge in [0.25, 0.3) is 5.91 Å². The molecule has 1 N–H and O–H groups in total. The maximum Gasteiger partial charge on any atom is 0.328 e. The molecule has 1 aromatic rings. The minimum absolute atomic E-state index is 0.124. The van der Waals surface area contributed by atoms with E-state index in [-0.39, 0.29) is 5.57 Å². The Morgan fingerprint density at radius 1 is 1.41 bits per heavy atom. The lowest BCUT2D eigenvalue weighted by Gasteiger charge is -2.37. The smallest absolute Gasteiger partial charge is 0.328 e. The van der Waals surface area contributed by atoms with E-state index in [0.29, 0.717) is 5.69 Å². The Labute approximate surface area is 127 Å². The average molecular weight is 324 g/mol. The van der Waals surface area contributed by atoms with Crippen molar-refractivity contribution in [3.63, 3.8) is 0 Å². The van der Waals surface area contributed by atoms with E-state index in [0.717, 1.165) is 4.90 Å². The Bertz CT molecular complexity index is 818. The van der Waals surface area contributed by atoms with Crippen molar-refractivity contribution < 1.29 is 23.1 Å². The number of carbonyl (C=O) groups is 2. The van der Waals surface area contributed by atoms with Gasteiger partial charge in [-0.15, -0.1) is 0 Å². The largest absolute Gasteiger partial charge is 0.480 e. The second-order valence-electron chi connectivity index (χ2n) is 6.10. The molecule has 8 heteroatoms. The van der Waals surface area contributed by atoms with Gasteiger partial charge in [0.2, 0.25) is 0 Å². The summed E-state index contributed by atoms with van der Waals surface area (Å²) in [6.07, 6.45) is 3.29. The van der Waals surface area contributed by atoms with Crippen LogP contribution in [0, 0.1) is 0 Å². The topological polar surface area (TPSA) is 96.7 Å². The molecule has 2 saturated heterocycles. The van der Waals surface area contributed by atoms with Crippen molar-refractivity contribution in [3.05, 3.63) is 29.6 Å². The van der Waals surface area contributed by atoms with Crippen LogP contribution in [-0.4, -0.2) is 51.0 Å². The van der Waals surface area contributed by atoms with Gasteiger partial charge in [-0.3, -0.25) is 4.79 Å². The number of fused-ring (bicyclic) bond motifs is 1. The van der Waals surface area contributed by atoms with Gasteiger partial charge in [-0.2, -0.15) is 0 Å². The van der Waals surface area contributed by atoms with Gasteiger partial charge in [0, 0.05) is 18.9 Å². The average Bonchev–Trinajstić information content (AvgIpc) is 2.85. The van der Waals surface area contributed by atoms with Crippen molar-refractivity contribution in [1.82, 2.24) is 9.47 Å². The number of β-lactam (4-membered cyclic amide) rings is 1. The number of carbonyl (C=O) groups excluding carboxylic acids is 1. The first-order valence-electron chi connectivity index (χ1n) is 6.72. The van der Waals surface area contributed by atoms with Crippen LogP contribution in [0.2, 0.25) is 0 Å². The van der Waals surface area contributed by atoms with E-state index in [4.69, 9.17) is 0 Å². The fourth-order valence-electron chi connectivity index (χ4n) is 3.13. The van der Waals surface area contributed by atoms with Gasteiger partial charge in [-0.05, 0) is 32.1 Å². The number of aromatic nitrogens is 1. The predicted molar refractivity (Wildman–Crippen MR) is 78.4 cm³/mol. The second kappa shape index (κ2) is 4.22. The van der Waals surface area contributed by atoms with E-state index in [9.17, 15) is 23.1 Å². The summed E-state index contributed by atoms with van der Waals surface area (Å²) in [5.74, 6) is -1.84. The highest BCUT2D eigenvalue weighted by molar-refractivity contribution is 7.94. The zero-order valence-corrected chi connectivity index (χ0v) is 13.2. The molecule has 0 radical (unpaired) electrons. The van der Waals surface area contributed by atoms with Crippen molar-refractivity contribution >= 4 is 27.8 Å². The van der Waals surface area contributed by atoms with Crippen LogP contribution in [0.5, 0.6) is 0 Å². The van der Waals surface area contributed by atoms with Gasteiger partial charge < -0.3 is 14.6 Å². The molecule has 2 aliphatic rings. The third kappa shape index (κ3) is 1.58. The Kier molecular flexibility index (Phi) is 2.85. The number of amides is 1. The lowest BCUT2D eigenvalue weighted by atomic mass is 9.95. The molecule has 0 aliphatic carbocycles. The van der Waals surface area contributed by atoms with Gasteiger partial charge >= 0.3 is 5.97 Å². The van der Waals surface area contributed by atoms with Gasteiger partial charge in [0.1, 0.15) is 4.75 Å². The molecular weight excluding hydrogens is 308 g/mol. The minimum Gasteiger partial charge on any atom is -0.480 e. The summed E-state index contributed by atoms with van der Waals surface area (Å²) in [6.45, 7) is 2.71. The van der Waals surface area contributed by atoms with E-state index in [1.54, 1.807) is 29.9 Å². The highest BCUT2D eigenvalue weighted by Gasteiger charge is 2.70. The normalized spacial score (nSPS) is 30.2. The molecule has 2 fully saturated rings. The summed E-state index contributed by atoms with van der Waals surface area (Å²) in [5, 5.41) is 8.15. The summed E-state index contributed by atoms with van der Waals surface area (Å²) in [6, 6.07) is 2.17. The number of sulfone groups is 1. The first kappa shape index (κ1) is 14.8. The molecule has 118 valence electrons. The van der Waals surface area contributed by atoms with Gasteiger partial charge in [0.05, 0.1) is 5.57 Å². The number of aliphatic carboxylic acids is 1. The Morgan fingerprint density at radius 2 is 2.05 bits per heavy atom. The number of carboxylic acid groups (broad SMARTS) is 1. The Balaban J connectivity index is 2.12. The third-order valence-corrected chi connectivity index (χ3v) is 7.24. The SMILES string of the molecule is Cn1cccc1/C=C1\C(=O)N2[C@@H](C(=O)O)C(C)(C)S(=O)(=O)[C@H]12. The van der Waals surface area contributed by atoms with Crippen molar-refractivity contribution in [2.45, 2.75) is 30.0 Å². The molecule has 2 atom stereocenters. The van der Waals surface area contributed by atoms with Crippen LogP contribution in [0.3, 0.4) is 0 Å². The maximum absolute atomic E-state index is 12.7. The predicted octanol–water partition coefficient (Wildman–Crippen LogP) is 0.237. The standard InChI is InChI=1S/C14H16N2O5S/c1-14(2)10(13(18)19)16-11(17)9(12(16)22(14,20)21)7-8-5-4-6-15(8)3/h4-7,10,12H,1-3H3,(H,18,19)/b9-7+/t10-,12+/m0/s1. The summed E-state index contributed by atoms with van der Waals surface area (Å²) < 4.78 is 25.5. The second-order valence-corrected chi connectivity index (χ2v) is 8.69. The number of nitrogens with zero attached hydrogens (tertiary/aromatic N) is 2. The first-order valence-corrected chi connectivity index (χ1v) is 8.27. The van der Waals surface area contributed by atoms with Crippen LogP contribution in [0.15, 0.2) is 23.9 Å². The quantitative estimate of drug-likeness (QED) is 0.621. The van der Waals surface area contributed by atoms with E-state index in [1.165, 1.54) is 19.9 Å². The highest BCUT2D eigenvalue weighted by atomic mass is 32.2. The molecule has 3 rings (SSSR count).